The molecule has 1 aromatic heterocycles. The summed E-state index contributed by atoms with van der Waals surface area (Å²) in [5.41, 5.74) is 0.377. The molecule has 0 amide bonds. The van der Waals surface area contributed by atoms with Crippen molar-refractivity contribution in [2.75, 3.05) is 0 Å². The molecular weight excluding hydrogens is 259 g/mol. The smallest absolute Gasteiger partial charge is 0.187 e. The third kappa shape index (κ3) is 2.99. The van der Waals surface area contributed by atoms with Crippen molar-refractivity contribution in [1.29, 1.82) is 0 Å². The number of allylic oxidation sites excluding steroid dienone is 1. The molecule has 0 spiro atoms. The number of rotatable bonds is 3. The molecule has 0 unspecified atom stereocenters. The van der Waals surface area contributed by atoms with E-state index in [4.69, 9.17) is 27.6 Å². The van der Waals surface area contributed by atoms with Gasteiger partial charge in [-0.05, 0) is 42.5 Å². The number of carbonyl (C=O) groups is 1. The zero-order chi connectivity index (χ0) is 12.3. The molecule has 4 heteroatoms. The van der Waals surface area contributed by atoms with Crippen LogP contribution in [0.25, 0.3) is 6.08 Å². The maximum Gasteiger partial charge on any atom is 0.187 e. The Labute approximate surface area is 108 Å². The third-order valence-electron chi connectivity index (χ3n) is 2.14. The van der Waals surface area contributed by atoms with Gasteiger partial charge in [0.05, 0.1) is 11.3 Å². The second-order valence-corrected chi connectivity index (χ2v) is 4.18. The summed E-state index contributed by atoms with van der Waals surface area (Å²) in [5.74, 6) is 0.394. The van der Waals surface area contributed by atoms with Gasteiger partial charge in [0.1, 0.15) is 5.76 Å². The van der Waals surface area contributed by atoms with Crippen molar-refractivity contribution in [1.82, 2.24) is 0 Å². The lowest BCUT2D eigenvalue weighted by Gasteiger charge is -1.99. The van der Waals surface area contributed by atoms with Gasteiger partial charge in [-0.1, -0.05) is 23.2 Å². The van der Waals surface area contributed by atoms with E-state index in [0.717, 1.165) is 0 Å². The topological polar surface area (TPSA) is 30.2 Å². The lowest BCUT2D eigenvalue weighted by molar-refractivity contribution is 0.104. The van der Waals surface area contributed by atoms with Gasteiger partial charge in [-0.25, -0.2) is 0 Å². The highest BCUT2D eigenvalue weighted by Crippen LogP contribution is 2.21. The van der Waals surface area contributed by atoms with Crippen molar-refractivity contribution in [3.8, 4) is 0 Å². The Morgan fingerprint density at radius 3 is 2.76 bits per heavy atom. The number of benzene rings is 1. The SMILES string of the molecule is O=C(C=Cc1ccco1)c1cc(Cl)ccc1Cl. The van der Waals surface area contributed by atoms with Crippen molar-refractivity contribution < 1.29 is 9.21 Å². The normalized spacial score (nSPS) is 10.9. The second kappa shape index (κ2) is 5.21. The van der Waals surface area contributed by atoms with Gasteiger partial charge in [-0.2, -0.15) is 0 Å². The number of carbonyl (C=O) groups excluding carboxylic acids is 1. The van der Waals surface area contributed by atoms with Crippen LogP contribution in [0.1, 0.15) is 16.1 Å². The molecule has 86 valence electrons. The van der Waals surface area contributed by atoms with Crippen LogP contribution in [-0.2, 0) is 0 Å². The van der Waals surface area contributed by atoms with Crippen molar-refractivity contribution in [2.45, 2.75) is 0 Å². The Morgan fingerprint density at radius 1 is 1.24 bits per heavy atom. The predicted molar refractivity (Wildman–Crippen MR) is 68.5 cm³/mol. The van der Waals surface area contributed by atoms with Crippen molar-refractivity contribution >= 4 is 35.1 Å². The highest BCUT2D eigenvalue weighted by Gasteiger charge is 2.08. The second-order valence-electron chi connectivity index (χ2n) is 3.34. The van der Waals surface area contributed by atoms with Crippen LogP contribution in [0.15, 0.2) is 47.1 Å². The highest BCUT2D eigenvalue weighted by molar-refractivity contribution is 6.36. The Balaban J connectivity index is 2.23. The molecule has 0 radical (unpaired) electrons. The average molecular weight is 267 g/mol. The number of hydrogen-bond acceptors (Lipinski definition) is 2. The first-order chi connectivity index (χ1) is 8.16. The summed E-state index contributed by atoms with van der Waals surface area (Å²) in [7, 11) is 0. The van der Waals surface area contributed by atoms with Gasteiger partial charge in [0, 0.05) is 10.6 Å². The number of hydrogen-bond donors (Lipinski definition) is 0. The fraction of sp³-hybridized carbons (Fsp3) is 0. The molecule has 0 atom stereocenters. The molecule has 0 saturated carbocycles. The molecule has 0 bridgehead atoms. The minimum atomic E-state index is -0.214. The van der Waals surface area contributed by atoms with E-state index in [1.54, 1.807) is 36.4 Å². The Kier molecular flexibility index (Phi) is 3.67. The number of furan rings is 1. The van der Waals surface area contributed by atoms with E-state index in [2.05, 4.69) is 0 Å². The number of ketones is 1. The van der Waals surface area contributed by atoms with Crippen LogP contribution in [0.4, 0.5) is 0 Å². The molecule has 0 aliphatic carbocycles. The van der Waals surface area contributed by atoms with E-state index in [0.29, 0.717) is 21.4 Å². The molecule has 2 nitrogen and oxygen atoms in total. The van der Waals surface area contributed by atoms with Crippen LogP contribution in [0.2, 0.25) is 10.0 Å². The van der Waals surface area contributed by atoms with E-state index in [1.807, 2.05) is 0 Å². The Hall–Kier alpha value is -1.51. The van der Waals surface area contributed by atoms with Crippen LogP contribution < -0.4 is 0 Å². The van der Waals surface area contributed by atoms with Crippen LogP contribution in [0, 0.1) is 0 Å². The summed E-state index contributed by atoms with van der Waals surface area (Å²) in [5, 5.41) is 0.854. The van der Waals surface area contributed by atoms with Gasteiger partial charge in [0.15, 0.2) is 5.78 Å². The third-order valence-corrected chi connectivity index (χ3v) is 2.70. The molecule has 0 saturated heterocycles. The van der Waals surface area contributed by atoms with Gasteiger partial charge in [0.25, 0.3) is 0 Å². The summed E-state index contributed by atoms with van der Waals surface area (Å²) in [6.45, 7) is 0. The monoisotopic (exact) mass is 266 g/mol. The van der Waals surface area contributed by atoms with Crippen LogP contribution in [0.3, 0.4) is 0 Å². The van der Waals surface area contributed by atoms with E-state index in [1.165, 1.54) is 12.3 Å². The minimum absolute atomic E-state index is 0.214. The maximum atomic E-state index is 11.8. The summed E-state index contributed by atoms with van der Waals surface area (Å²) in [6.07, 6.45) is 4.52. The molecule has 0 fully saturated rings. The maximum absolute atomic E-state index is 11.8. The molecule has 0 aliphatic heterocycles. The fourth-order valence-corrected chi connectivity index (χ4v) is 1.70. The molecule has 0 N–H and O–H groups in total. The van der Waals surface area contributed by atoms with Crippen LogP contribution in [-0.4, -0.2) is 5.78 Å². The largest absolute Gasteiger partial charge is 0.465 e. The van der Waals surface area contributed by atoms with Crippen LogP contribution >= 0.6 is 23.2 Å². The van der Waals surface area contributed by atoms with Gasteiger partial charge in [-0.15, -0.1) is 0 Å². The van der Waals surface area contributed by atoms with Crippen molar-refractivity contribution in [3.63, 3.8) is 0 Å². The zero-order valence-corrected chi connectivity index (χ0v) is 10.2. The van der Waals surface area contributed by atoms with Crippen molar-refractivity contribution in [3.05, 3.63) is 64.0 Å². The van der Waals surface area contributed by atoms with Gasteiger partial charge < -0.3 is 4.42 Å². The van der Waals surface area contributed by atoms with E-state index in [9.17, 15) is 4.79 Å². The van der Waals surface area contributed by atoms with Gasteiger partial charge >= 0.3 is 0 Å². The Bertz CT molecular complexity index is 557. The molecule has 0 aliphatic rings. The van der Waals surface area contributed by atoms with Gasteiger partial charge in [0.2, 0.25) is 0 Å². The minimum Gasteiger partial charge on any atom is -0.465 e. The lowest BCUT2D eigenvalue weighted by Crippen LogP contribution is -1.95. The zero-order valence-electron chi connectivity index (χ0n) is 8.69. The first-order valence-electron chi connectivity index (χ1n) is 4.88. The Morgan fingerprint density at radius 2 is 2.06 bits per heavy atom. The molecule has 1 heterocycles. The summed E-state index contributed by atoms with van der Waals surface area (Å²) >= 11 is 11.7. The highest BCUT2D eigenvalue weighted by atomic mass is 35.5. The molecule has 2 aromatic rings. The van der Waals surface area contributed by atoms with Gasteiger partial charge in [-0.3, -0.25) is 4.79 Å². The first kappa shape index (κ1) is 12.0. The standard InChI is InChI=1S/C13H8Cl2O2/c14-9-3-5-12(15)11(8-9)13(16)6-4-10-2-1-7-17-10/h1-8H. The van der Waals surface area contributed by atoms with E-state index in [-0.39, 0.29) is 5.78 Å². The lowest BCUT2D eigenvalue weighted by atomic mass is 10.1. The van der Waals surface area contributed by atoms with E-state index < -0.39 is 0 Å². The molecule has 17 heavy (non-hydrogen) atoms. The summed E-state index contributed by atoms with van der Waals surface area (Å²) in [4.78, 5) is 11.8. The summed E-state index contributed by atoms with van der Waals surface area (Å²) < 4.78 is 5.08. The molecule has 2 rings (SSSR count). The first-order valence-corrected chi connectivity index (χ1v) is 5.63. The summed E-state index contributed by atoms with van der Waals surface area (Å²) in [6, 6.07) is 8.27. The van der Waals surface area contributed by atoms with Crippen LogP contribution in [0.5, 0.6) is 0 Å². The van der Waals surface area contributed by atoms with Crippen molar-refractivity contribution in [2.24, 2.45) is 0 Å². The fourth-order valence-electron chi connectivity index (χ4n) is 1.32. The predicted octanol–water partition coefficient (Wildman–Crippen LogP) is 4.48. The van der Waals surface area contributed by atoms with E-state index >= 15 is 0 Å². The molecular formula is C13H8Cl2O2. The quantitative estimate of drug-likeness (QED) is 0.606. The average Bonchev–Trinajstić information content (AvgIpc) is 2.82. The number of halogens is 2. The molecule has 1 aromatic carbocycles.